The summed E-state index contributed by atoms with van der Waals surface area (Å²) in [6.07, 6.45) is 2.23. The predicted molar refractivity (Wildman–Crippen MR) is 108 cm³/mol. The zero-order valence-corrected chi connectivity index (χ0v) is 17.3. The molecule has 7 heteroatoms. The Morgan fingerprint density at radius 3 is 2.57 bits per heavy atom. The quantitative estimate of drug-likeness (QED) is 0.802. The van der Waals surface area contributed by atoms with E-state index in [2.05, 4.69) is 9.88 Å². The monoisotopic (exact) mass is 387 g/mol. The molecule has 0 radical (unpaired) electrons. The van der Waals surface area contributed by atoms with E-state index in [1.54, 1.807) is 6.20 Å². The van der Waals surface area contributed by atoms with Crippen LogP contribution in [0.15, 0.2) is 40.7 Å². The van der Waals surface area contributed by atoms with Crippen molar-refractivity contribution < 1.29 is 19.1 Å². The van der Waals surface area contributed by atoms with Gasteiger partial charge >= 0.3 is 6.09 Å². The van der Waals surface area contributed by atoms with E-state index in [1.165, 1.54) is 0 Å². The third kappa shape index (κ3) is 4.84. The van der Waals surface area contributed by atoms with Crippen LogP contribution in [0.5, 0.6) is 0 Å². The van der Waals surface area contributed by atoms with Crippen LogP contribution in [0.3, 0.4) is 0 Å². The summed E-state index contributed by atoms with van der Waals surface area (Å²) in [5, 5.41) is 9.76. The number of hydrogen-bond donors (Lipinski definition) is 1. The second kappa shape index (κ2) is 8.11. The lowest BCUT2D eigenvalue weighted by atomic mass is 10.1. The molecule has 0 aromatic carbocycles. The number of amides is 1. The summed E-state index contributed by atoms with van der Waals surface area (Å²) in [6, 6.07) is 5.77. The molecule has 0 spiro atoms. The van der Waals surface area contributed by atoms with Gasteiger partial charge in [-0.25, -0.2) is 4.48 Å². The van der Waals surface area contributed by atoms with Crippen LogP contribution in [0.4, 0.5) is 4.79 Å². The number of ether oxygens (including phenoxy) is 1. The lowest BCUT2D eigenvalue weighted by molar-refractivity contribution is -0.843. The van der Waals surface area contributed by atoms with E-state index in [0.717, 1.165) is 35.8 Å². The number of aliphatic hydroxyl groups is 1. The van der Waals surface area contributed by atoms with Gasteiger partial charge in [-0.1, -0.05) is 6.07 Å². The van der Waals surface area contributed by atoms with Gasteiger partial charge in [0.2, 0.25) is 0 Å². The molecule has 2 aliphatic rings. The summed E-state index contributed by atoms with van der Waals surface area (Å²) in [6.45, 7) is 9.35. The molecule has 1 saturated heterocycles. The van der Waals surface area contributed by atoms with Gasteiger partial charge in [0.05, 0.1) is 30.8 Å². The maximum atomic E-state index is 12.5. The molecule has 3 heterocycles. The van der Waals surface area contributed by atoms with E-state index in [-0.39, 0.29) is 12.7 Å². The molecule has 1 fully saturated rings. The number of piperazine rings is 1. The Morgan fingerprint density at radius 2 is 2.00 bits per heavy atom. The largest absolute Gasteiger partial charge is 0.516 e. The number of likely N-dealkylation sites (N-methyl/N-ethyl adjacent to an activating group) is 1. The third-order valence-corrected chi connectivity index (χ3v) is 5.24. The van der Waals surface area contributed by atoms with Crippen molar-refractivity contribution in [2.24, 2.45) is 4.99 Å². The molecular weight excluding hydrogens is 356 g/mol. The Labute approximate surface area is 166 Å². The second-order valence-electron chi connectivity index (χ2n) is 8.76. The smallest absolute Gasteiger partial charge is 0.414 e. The number of aromatic nitrogens is 1. The molecule has 152 valence electrons. The highest BCUT2D eigenvalue weighted by Crippen LogP contribution is 2.25. The topological polar surface area (TPSA) is 75.0 Å². The number of hydrogen-bond acceptors (Lipinski definition) is 6. The van der Waals surface area contributed by atoms with E-state index in [0.29, 0.717) is 30.5 Å². The zero-order chi connectivity index (χ0) is 20.4. The summed E-state index contributed by atoms with van der Waals surface area (Å²) >= 11 is 0. The molecular formula is C21H31N4O3+. The van der Waals surface area contributed by atoms with Crippen molar-refractivity contribution in [1.29, 1.82) is 0 Å². The van der Waals surface area contributed by atoms with Crippen molar-refractivity contribution >= 4 is 11.8 Å². The Bertz CT molecular complexity index is 773. The molecule has 3 rings (SSSR count). The molecule has 1 aromatic rings. The SMILES string of the molecule is CC(C)(C)OC(=O)[N+]1(C)CCN(CC2=C(CO)CC(c3ccccn3)=N2)CC1. The fourth-order valence-corrected chi connectivity index (χ4v) is 3.43. The highest BCUT2D eigenvalue weighted by atomic mass is 16.6. The average Bonchev–Trinajstić information content (AvgIpc) is 3.06. The molecule has 7 nitrogen and oxygen atoms in total. The van der Waals surface area contributed by atoms with Crippen LogP contribution in [0.2, 0.25) is 0 Å². The number of carbonyl (C=O) groups excluding carboxylic acids is 1. The number of rotatable bonds is 4. The Kier molecular flexibility index (Phi) is 5.98. The van der Waals surface area contributed by atoms with Crippen molar-refractivity contribution in [1.82, 2.24) is 9.88 Å². The van der Waals surface area contributed by atoms with Crippen LogP contribution in [0.1, 0.15) is 32.9 Å². The van der Waals surface area contributed by atoms with Gasteiger partial charge in [0.15, 0.2) is 0 Å². The molecule has 0 atom stereocenters. The van der Waals surface area contributed by atoms with E-state index in [9.17, 15) is 9.90 Å². The molecule has 0 unspecified atom stereocenters. The van der Waals surface area contributed by atoms with E-state index < -0.39 is 5.60 Å². The van der Waals surface area contributed by atoms with Gasteiger partial charge in [0.25, 0.3) is 0 Å². The van der Waals surface area contributed by atoms with Gasteiger partial charge in [-0.2, -0.15) is 4.79 Å². The lowest BCUT2D eigenvalue weighted by Crippen LogP contribution is -2.61. The number of nitrogens with zero attached hydrogens (tertiary/aromatic N) is 4. The Hall–Kier alpha value is -2.09. The third-order valence-electron chi connectivity index (χ3n) is 5.24. The second-order valence-corrected chi connectivity index (χ2v) is 8.76. The Balaban J connectivity index is 1.62. The minimum absolute atomic E-state index is 0.00862. The number of quaternary nitrogens is 1. The highest BCUT2D eigenvalue weighted by molar-refractivity contribution is 6.02. The normalized spacial score (nSPS) is 20.2. The molecule has 2 aliphatic heterocycles. The van der Waals surface area contributed by atoms with Gasteiger partial charge in [-0.05, 0) is 38.5 Å². The van der Waals surface area contributed by atoms with Gasteiger partial charge in [-0.15, -0.1) is 0 Å². The Morgan fingerprint density at radius 1 is 1.29 bits per heavy atom. The van der Waals surface area contributed by atoms with Crippen LogP contribution in [-0.2, 0) is 4.74 Å². The van der Waals surface area contributed by atoms with E-state index >= 15 is 0 Å². The van der Waals surface area contributed by atoms with Crippen LogP contribution >= 0.6 is 0 Å². The van der Waals surface area contributed by atoms with Crippen molar-refractivity contribution in [3.8, 4) is 0 Å². The summed E-state index contributed by atoms with van der Waals surface area (Å²) in [5.74, 6) is 0. The summed E-state index contributed by atoms with van der Waals surface area (Å²) in [4.78, 5) is 24.0. The number of aliphatic hydroxyl groups excluding tert-OH is 1. The first-order valence-corrected chi connectivity index (χ1v) is 9.81. The van der Waals surface area contributed by atoms with Crippen molar-refractivity contribution in [3.05, 3.63) is 41.4 Å². The first kappa shape index (κ1) is 20.6. The van der Waals surface area contributed by atoms with E-state index in [1.807, 2.05) is 46.0 Å². The van der Waals surface area contributed by atoms with Crippen molar-refractivity contribution in [2.45, 2.75) is 32.8 Å². The molecule has 0 bridgehead atoms. The fourth-order valence-electron chi connectivity index (χ4n) is 3.43. The first-order valence-electron chi connectivity index (χ1n) is 9.81. The standard InChI is InChI=1S/C21H31N4O3/c1-21(2,3)28-20(27)25(4)11-9-24(10-12-25)14-19-16(15-26)13-18(23-19)17-7-5-6-8-22-17/h5-8,26H,9-15H2,1-4H3/q+1. The number of carbonyl (C=O) groups is 1. The van der Waals surface area contributed by atoms with Crippen molar-refractivity contribution in [2.75, 3.05) is 46.4 Å². The summed E-state index contributed by atoms with van der Waals surface area (Å²) in [7, 11) is 1.94. The van der Waals surface area contributed by atoms with Gasteiger partial charge in [0, 0.05) is 32.3 Å². The maximum absolute atomic E-state index is 12.5. The molecule has 0 saturated carbocycles. The summed E-state index contributed by atoms with van der Waals surface area (Å²) in [5.41, 5.74) is 3.17. The molecule has 1 aromatic heterocycles. The molecule has 1 N–H and O–H groups in total. The highest BCUT2D eigenvalue weighted by Gasteiger charge is 2.40. The van der Waals surface area contributed by atoms with Gasteiger partial charge < -0.3 is 9.84 Å². The zero-order valence-electron chi connectivity index (χ0n) is 17.3. The molecule has 1 amide bonds. The van der Waals surface area contributed by atoms with Crippen LogP contribution in [0.25, 0.3) is 0 Å². The van der Waals surface area contributed by atoms with Crippen LogP contribution in [-0.4, -0.2) is 83.3 Å². The molecule has 28 heavy (non-hydrogen) atoms. The summed E-state index contributed by atoms with van der Waals surface area (Å²) < 4.78 is 5.88. The van der Waals surface area contributed by atoms with E-state index in [4.69, 9.17) is 9.73 Å². The number of pyridine rings is 1. The molecule has 0 aliphatic carbocycles. The van der Waals surface area contributed by atoms with Crippen molar-refractivity contribution in [3.63, 3.8) is 0 Å². The van der Waals surface area contributed by atoms with Gasteiger partial charge in [0.1, 0.15) is 18.7 Å². The van der Waals surface area contributed by atoms with Crippen LogP contribution in [0, 0.1) is 0 Å². The van der Waals surface area contributed by atoms with Crippen LogP contribution < -0.4 is 0 Å². The average molecular weight is 388 g/mol. The predicted octanol–water partition coefficient (Wildman–Crippen LogP) is 2.22. The fraction of sp³-hybridized carbons (Fsp3) is 0.571. The maximum Gasteiger partial charge on any atom is 0.516 e. The lowest BCUT2D eigenvalue weighted by Gasteiger charge is -2.39. The first-order chi connectivity index (χ1) is 13.2. The minimum Gasteiger partial charge on any atom is -0.414 e. The van der Waals surface area contributed by atoms with Gasteiger partial charge in [-0.3, -0.25) is 14.9 Å². The number of aliphatic imine (C=N–C) groups is 1. The minimum atomic E-state index is -0.475.